The van der Waals surface area contributed by atoms with Gasteiger partial charge >= 0.3 is 12.1 Å². The molecule has 3 rings (SSSR count). The molecule has 0 saturated heterocycles. The Hall–Kier alpha value is -3.35. The van der Waals surface area contributed by atoms with Crippen LogP contribution in [0.3, 0.4) is 0 Å². The van der Waals surface area contributed by atoms with Crippen LogP contribution in [0.1, 0.15) is 57.6 Å². The zero-order valence-corrected chi connectivity index (χ0v) is 20.2. The Morgan fingerprint density at radius 3 is 2.00 bits per heavy atom. The Balaban J connectivity index is 1.67. The van der Waals surface area contributed by atoms with Gasteiger partial charge in [-0.2, -0.15) is 0 Å². The van der Waals surface area contributed by atoms with Crippen LogP contribution in [0, 0.1) is 11.8 Å². The van der Waals surface area contributed by atoms with E-state index < -0.39 is 30.1 Å². The molecule has 2 aromatic rings. The average molecular weight is 467 g/mol. The second kappa shape index (κ2) is 11.2. The normalized spacial score (nSPS) is 15.1. The molecule has 0 spiro atoms. The number of rotatable bonds is 10. The molecule has 0 aromatic heterocycles. The lowest BCUT2D eigenvalue weighted by molar-refractivity contribution is -0.143. The fourth-order valence-corrected chi connectivity index (χ4v) is 4.42. The third-order valence-electron chi connectivity index (χ3n) is 6.44. The second-order valence-electron chi connectivity index (χ2n) is 9.36. The summed E-state index contributed by atoms with van der Waals surface area (Å²) in [5, 5.41) is 14.8. The number of alkyl carbamates (subject to hydrolysis) is 1. The molecule has 3 N–H and O–H groups in total. The number of ether oxygens (including phenoxy) is 1. The molecule has 0 radical (unpaired) electrons. The van der Waals surface area contributed by atoms with Crippen LogP contribution >= 0.6 is 0 Å². The third-order valence-corrected chi connectivity index (χ3v) is 6.44. The summed E-state index contributed by atoms with van der Waals surface area (Å²) < 4.78 is 5.58. The number of carbonyl (C=O) groups is 3. The lowest BCUT2D eigenvalue weighted by Crippen LogP contribution is -2.53. The molecule has 2 amide bonds. The summed E-state index contributed by atoms with van der Waals surface area (Å²) in [5.74, 6) is -1.83. The fourth-order valence-electron chi connectivity index (χ4n) is 4.42. The molecule has 1 aliphatic rings. The molecule has 182 valence electrons. The van der Waals surface area contributed by atoms with Gasteiger partial charge in [-0.15, -0.1) is 0 Å². The summed E-state index contributed by atoms with van der Waals surface area (Å²) in [4.78, 5) is 37.2. The van der Waals surface area contributed by atoms with Gasteiger partial charge in [0.25, 0.3) is 0 Å². The molecular formula is C27H34N2O5. The number of carboxylic acids is 1. The molecule has 2 aromatic carbocycles. The van der Waals surface area contributed by atoms with E-state index in [-0.39, 0.29) is 24.4 Å². The van der Waals surface area contributed by atoms with E-state index in [0.29, 0.717) is 12.8 Å². The minimum atomic E-state index is -1.09. The lowest BCUT2D eigenvalue weighted by atomic mass is 9.97. The van der Waals surface area contributed by atoms with Crippen LogP contribution in [0.15, 0.2) is 48.5 Å². The SMILES string of the molecule is CCC(C)[C@H](NC(=O)[C@@H](CC(C)C)NC(=O)OCC1c2ccccc2-c2ccccc21)C(=O)O. The van der Waals surface area contributed by atoms with Gasteiger partial charge in [-0.1, -0.05) is 82.6 Å². The minimum absolute atomic E-state index is 0.0858. The van der Waals surface area contributed by atoms with Gasteiger partial charge in [0.1, 0.15) is 18.7 Å². The molecule has 34 heavy (non-hydrogen) atoms. The number of fused-ring (bicyclic) bond motifs is 3. The molecular weight excluding hydrogens is 432 g/mol. The Morgan fingerprint density at radius 2 is 1.50 bits per heavy atom. The van der Waals surface area contributed by atoms with Crippen LogP contribution in [0.4, 0.5) is 4.79 Å². The molecule has 7 nitrogen and oxygen atoms in total. The topological polar surface area (TPSA) is 105 Å². The van der Waals surface area contributed by atoms with E-state index in [1.165, 1.54) is 0 Å². The van der Waals surface area contributed by atoms with E-state index in [9.17, 15) is 19.5 Å². The van der Waals surface area contributed by atoms with Crippen LogP contribution < -0.4 is 10.6 Å². The van der Waals surface area contributed by atoms with Crippen molar-refractivity contribution in [3.8, 4) is 11.1 Å². The summed E-state index contributed by atoms with van der Waals surface area (Å²) in [6, 6.07) is 14.2. The van der Waals surface area contributed by atoms with Gasteiger partial charge in [0.2, 0.25) is 5.91 Å². The molecule has 0 saturated carbocycles. The number of carbonyl (C=O) groups excluding carboxylic acids is 2. The van der Waals surface area contributed by atoms with Crippen LogP contribution in [-0.2, 0) is 14.3 Å². The maximum absolute atomic E-state index is 12.9. The fraction of sp³-hybridized carbons (Fsp3) is 0.444. The molecule has 3 atom stereocenters. The van der Waals surface area contributed by atoms with Crippen molar-refractivity contribution in [2.24, 2.45) is 11.8 Å². The monoisotopic (exact) mass is 466 g/mol. The number of carboxylic acid groups (broad SMARTS) is 1. The van der Waals surface area contributed by atoms with Gasteiger partial charge in [0.05, 0.1) is 0 Å². The first-order valence-electron chi connectivity index (χ1n) is 11.9. The van der Waals surface area contributed by atoms with E-state index in [2.05, 4.69) is 22.8 Å². The van der Waals surface area contributed by atoms with Crippen molar-refractivity contribution < 1.29 is 24.2 Å². The largest absolute Gasteiger partial charge is 0.480 e. The van der Waals surface area contributed by atoms with Gasteiger partial charge in [-0.25, -0.2) is 9.59 Å². The maximum atomic E-state index is 12.9. The van der Waals surface area contributed by atoms with Gasteiger partial charge in [0, 0.05) is 5.92 Å². The van der Waals surface area contributed by atoms with Crippen LogP contribution in [-0.4, -0.2) is 41.8 Å². The molecule has 0 heterocycles. The highest BCUT2D eigenvalue weighted by Crippen LogP contribution is 2.44. The number of aliphatic carboxylic acids is 1. The van der Waals surface area contributed by atoms with Crippen molar-refractivity contribution in [2.75, 3.05) is 6.61 Å². The summed E-state index contributed by atoms with van der Waals surface area (Å²) in [7, 11) is 0. The molecule has 0 aliphatic heterocycles. The van der Waals surface area contributed by atoms with E-state index in [1.807, 2.05) is 57.2 Å². The number of benzene rings is 2. The van der Waals surface area contributed by atoms with Crippen molar-refractivity contribution in [3.63, 3.8) is 0 Å². The standard InChI is InChI=1S/C27H34N2O5/c1-5-17(4)24(26(31)32)29-25(30)23(14-16(2)3)28-27(33)34-15-22-20-12-8-6-10-18(20)19-11-7-9-13-21(19)22/h6-13,16-17,22-24H,5,14-15H2,1-4H3,(H,28,33)(H,29,30)(H,31,32)/t17?,23-,24+/m1/s1. The second-order valence-corrected chi connectivity index (χ2v) is 9.36. The van der Waals surface area contributed by atoms with Crippen LogP contribution in [0.5, 0.6) is 0 Å². The minimum Gasteiger partial charge on any atom is -0.480 e. The highest BCUT2D eigenvalue weighted by Gasteiger charge is 2.32. The first kappa shape index (κ1) is 25.3. The van der Waals surface area contributed by atoms with Crippen molar-refractivity contribution in [1.29, 1.82) is 0 Å². The average Bonchev–Trinajstić information content (AvgIpc) is 3.13. The molecule has 1 aliphatic carbocycles. The zero-order chi connectivity index (χ0) is 24.8. The van der Waals surface area contributed by atoms with E-state index in [0.717, 1.165) is 22.3 Å². The summed E-state index contributed by atoms with van der Waals surface area (Å²) in [6.45, 7) is 7.65. The van der Waals surface area contributed by atoms with Crippen molar-refractivity contribution in [3.05, 3.63) is 59.7 Å². The number of hydrogen-bond donors (Lipinski definition) is 3. The van der Waals surface area contributed by atoms with Gasteiger partial charge < -0.3 is 20.5 Å². The van der Waals surface area contributed by atoms with Gasteiger partial charge in [-0.3, -0.25) is 4.79 Å². The van der Waals surface area contributed by atoms with E-state index >= 15 is 0 Å². The summed E-state index contributed by atoms with van der Waals surface area (Å²) in [6.07, 6.45) is 0.271. The first-order valence-corrected chi connectivity index (χ1v) is 11.9. The smallest absolute Gasteiger partial charge is 0.407 e. The predicted molar refractivity (Wildman–Crippen MR) is 130 cm³/mol. The summed E-state index contributed by atoms with van der Waals surface area (Å²) >= 11 is 0. The van der Waals surface area contributed by atoms with E-state index in [4.69, 9.17) is 4.74 Å². The molecule has 1 unspecified atom stereocenters. The van der Waals surface area contributed by atoms with Gasteiger partial charge in [0.15, 0.2) is 0 Å². The first-order chi connectivity index (χ1) is 16.2. The Morgan fingerprint density at radius 1 is 0.941 bits per heavy atom. The van der Waals surface area contributed by atoms with Gasteiger partial charge in [-0.05, 0) is 40.5 Å². The maximum Gasteiger partial charge on any atom is 0.407 e. The molecule has 0 fully saturated rings. The third kappa shape index (κ3) is 5.76. The Kier molecular flexibility index (Phi) is 8.31. The highest BCUT2D eigenvalue weighted by atomic mass is 16.5. The van der Waals surface area contributed by atoms with Crippen molar-refractivity contribution >= 4 is 18.0 Å². The number of hydrogen-bond acceptors (Lipinski definition) is 4. The summed E-state index contributed by atoms with van der Waals surface area (Å²) in [5.41, 5.74) is 4.47. The number of amides is 2. The Labute approximate surface area is 200 Å². The van der Waals surface area contributed by atoms with E-state index in [1.54, 1.807) is 6.92 Å². The number of nitrogens with one attached hydrogen (secondary N) is 2. The predicted octanol–water partition coefficient (Wildman–Crippen LogP) is 4.56. The lowest BCUT2D eigenvalue weighted by Gasteiger charge is -2.25. The van der Waals surface area contributed by atoms with Crippen LogP contribution in [0.2, 0.25) is 0 Å². The highest BCUT2D eigenvalue weighted by molar-refractivity contribution is 5.89. The van der Waals surface area contributed by atoms with Crippen LogP contribution in [0.25, 0.3) is 11.1 Å². The molecule has 0 bridgehead atoms. The Bertz CT molecular complexity index is 990. The quantitative estimate of drug-likeness (QED) is 0.476. The van der Waals surface area contributed by atoms with Crippen molar-refractivity contribution in [2.45, 2.75) is 58.5 Å². The van der Waals surface area contributed by atoms with Crippen molar-refractivity contribution in [1.82, 2.24) is 10.6 Å². The molecule has 7 heteroatoms. The zero-order valence-electron chi connectivity index (χ0n) is 20.2.